The number of aromatic amines is 1. The number of morpholine rings is 1. The summed E-state index contributed by atoms with van der Waals surface area (Å²) in [6.45, 7) is 3.16. The number of carbonyl (C=O) groups excluding carboxylic acids is 1. The number of imidazole rings is 1. The monoisotopic (exact) mass is 313 g/mol. The number of amides is 1. The van der Waals surface area contributed by atoms with Gasteiger partial charge in [-0.1, -0.05) is 0 Å². The van der Waals surface area contributed by atoms with Gasteiger partial charge in [-0.15, -0.1) is 0 Å². The van der Waals surface area contributed by atoms with E-state index in [1.807, 2.05) is 23.2 Å². The third kappa shape index (κ3) is 2.97. The smallest absolute Gasteiger partial charge is 0.249 e. The van der Waals surface area contributed by atoms with Gasteiger partial charge in [0.05, 0.1) is 18.7 Å². The molecule has 0 aliphatic carbocycles. The fourth-order valence-electron chi connectivity index (χ4n) is 3.36. The average molecular weight is 313 g/mol. The van der Waals surface area contributed by atoms with Gasteiger partial charge < -0.3 is 14.6 Å². The van der Waals surface area contributed by atoms with E-state index in [0.29, 0.717) is 6.54 Å². The van der Waals surface area contributed by atoms with Crippen molar-refractivity contribution < 1.29 is 9.53 Å². The number of hydrogen-bond donors (Lipinski definition) is 1. The minimum atomic E-state index is 0.0583. The maximum absolute atomic E-state index is 12.3. The van der Waals surface area contributed by atoms with E-state index < -0.39 is 0 Å². The third-order valence-electron chi connectivity index (χ3n) is 4.48. The van der Waals surface area contributed by atoms with Crippen LogP contribution in [0, 0.1) is 0 Å². The van der Waals surface area contributed by atoms with Gasteiger partial charge in [0.25, 0.3) is 0 Å². The lowest BCUT2D eigenvalue weighted by Crippen LogP contribution is -2.53. The molecule has 0 aromatic carbocycles. The van der Waals surface area contributed by atoms with Crippen LogP contribution in [0.2, 0.25) is 0 Å². The van der Waals surface area contributed by atoms with E-state index in [0.717, 1.165) is 31.0 Å². The van der Waals surface area contributed by atoms with Gasteiger partial charge in [-0.2, -0.15) is 0 Å². The van der Waals surface area contributed by atoms with Crippen LogP contribution < -0.4 is 0 Å². The van der Waals surface area contributed by atoms with Crippen LogP contribution in [0.1, 0.15) is 11.4 Å². The zero-order valence-corrected chi connectivity index (χ0v) is 12.8. The number of aromatic nitrogens is 3. The Labute approximate surface area is 134 Å². The van der Waals surface area contributed by atoms with Crippen molar-refractivity contribution in [1.29, 1.82) is 0 Å². The molecule has 0 unspecified atom stereocenters. The first-order chi connectivity index (χ1) is 11.3. The highest BCUT2D eigenvalue weighted by atomic mass is 16.5. The van der Waals surface area contributed by atoms with Crippen LogP contribution in [0.15, 0.2) is 36.9 Å². The summed E-state index contributed by atoms with van der Waals surface area (Å²) in [6.07, 6.45) is 7.18. The Kier molecular flexibility index (Phi) is 3.80. The standard InChI is InChI=1S/C16H19N5O2/c22-16-11-23-14-9-20(10-15-18-5-6-19-15)8-13(14)21(16)7-12-1-3-17-4-2-12/h1-6,13-14H,7-11H2,(H,18,19)/t13-,14+/m1/s1. The number of fused-ring (bicyclic) bond motifs is 1. The predicted octanol–water partition coefficient (Wildman–Crippen LogP) is 0.417. The second-order valence-electron chi connectivity index (χ2n) is 6.02. The molecule has 4 rings (SSSR count). The lowest BCUT2D eigenvalue weighted by Gasteiger charge is -2.36. The predicted molar refractivity (Wildman–Crippen MR) is 82.2 cm³/mol. The van der Waals surface area contributed by atoms with Gasteiger partial charge in [0, 0.05) is 44.4 Å². The van der Waals surface area contributed by atoms with E-state index in [1.54, 1.807) is 18.6 Å². The van der Waals surface area contributed by atoms with Crippen LogP contribution in [-0.4, -0.2) is 62.5 Å². The minimum absolute atomic E-state index is 0.0583. The van der Waals surface area contributed by atoms with Crippen molar-refractivity contribution in [3.63, 3.8) is 0 Å². The van der Waals surface area contributed by atoms with Crippen LogP contribution in [0.3, 0.4) is 0 Å². The summed E-state index contributed by atoms with van der Waals surface area (Å²) in [6, 6.07) is 4.00. The van der Waals surface area contributed by atoms with Gasteiger partial charge in [0.2, 0.25) is 5.91 Å². The number of carbonyl (C=O) groups is 1. The Balaban J connectivity index is 1.47. The van der Waals surface area contributed by atoms with Crippen LogP contribution in [-0.2, 0) is 22.6 Å². The number of likely N-dealkylation sites (tertiary alicyclic amines) is 1. The molecule has 0 spiro atoms. The van der Waals surface area contributed by atoms with Crippen molar-refractivity contribution in [2.45, 2.75) is 25.2 Å². The largest absolute Gasteiger partial charge is 0.365 e. The zero-order valence-electron chi connectivity index (χ0n) is 12.8. The first-order valence-electron chi connectivity index (χ1n) is 7.80. The molecule has 2 fully saturated rings. The van der Waals surface area contributed by atoms with Crippen molar-refractivity contribution in [1.82, 2.24) is 24.8 Å². The summed E-state index contributed by atoms with van der Waals surface area (Å²) in [5.41, 5.74) is 1.10. The van der Waals surface area contributed by atoms with Crippen LogP contribution in [0.4, 0.5) is 0 Å². The Hall–Kier alpha value is -2.25. The molecule has 4 heterocycles. The number of H-pyrrole nitrogens is 1. The summed E-state index contributed by atoms with van der Waals surface area (Å²) in [4.78, 5) is 28.0. The summed E-state index contributed by atoms with van der Waals surface area (Å²) in [5, 5.41) is 0. The number of rotatable bonds is 4. The van der Waals surface area contributed by atoms with E-state index in [2.05, 4.69) is 19.9 Å². The molecule has 0 bridgehead atoms. The summed E-state index contributed by atoms with van der Waals surface area (Å²) < 4.78 is 5.76. The topological polar surface area (TPSA) is 74.3 Å². The summed E-state index contributed by atoms with van der Waals surface area (Å²) in [5.74, 6) is 0.999. The van der Waals surface area contributed by atoms with E-state index >= 15 is 0 Å². The van der Waals surface area contributed by atoms with Crippen molar-refractivity contribution in [3.05, 3.63) is 48.3 Å². The molecule has 0 radical (unpaired) electrons. The first kappa shape index (κ1) is 14.3. The second kappa shape index (κ2) is 6.10. The first-order valence-corrected chi connectivity index (χ1v) is 7.80. The van der Waals surface area contributed by atoms with Gasteiger partial charge in [-0.25, -0.2) is 4.98 Å². The fourth-order valence-corrected chi connectivity index (χ4v) is 3.36. The number of nitrogens with zero attached hydrogens (tertiary/aromatic N) is 4. The van der Waals surface area contributed by atoms with Crippen LogP contribution >= 0.6 is 0 Å². The van der Waals surface area contributed by atoms with Crippen molar-refractivity contribution in [2.24, 2.45) is 0 Å². The normalized spacial score (nSPS) is 24.9. The third-order valence-corrected chi connectivity index (χ3v) is 4.48. The van der Waals surface area contributed by atoms with Crippen molar-refractivity contribution >= 4 is 5.91 Å². The Morgan fingerprint density at radius 1 is 1.22 bits per heavy atom. The molecule has 0 saturated carbocycles. The second-order valence-corrected chi connectivity index (χ2v) is 6.02. The highest BCUT2D eigenvalue weighted by Gasteiger charge is 2.43. The van der Waals surface area contributed by atoms with Gasteiger partial charge in [0.1, 0.15) is 12.4 Å². The Bertz CT molecular complexity index is 660. The quantitative estimate of drug-likeness (QED) is 0.885. The van der Waals surface area contributed by atoms with Crippen molar-refractivity contribution in [3.8, 4) is 0 Å². The SMILES string of the molecule is O=C1CO[C@H]2CN(Cc3ncc[nH]3)C[C@H]2N1Cc1ccncc1. The molecule has 2 aromatic rings. The molecule has 120 valence electrons. The van der Waals surface area contributed by atoms with Gasteiger partial charge in [-0.05, 0) is 17.7 Å². The van der Waals surface area contributed by atoms with Crippen LogP contribution in [0.5, 0.6) is 0 Å². The molecule has 2 aromatic heterocycles. The molecule has 7 nitrogen and oxygen atoms in total. The number of hydrogen-bond acceptors (Lipinski definition) is 5. The lowest BCUT2D eigenvalue weighted by molar-refractivity contribution is -0.153. The van der Waals surface area contributed by atoms with Crippen molar-refractivity contribution in [2.75, 3.05) is 19.7 Å². The maximum atomic E-state index is 12.3. The molecular weight excluding hydrogens is 294 g/mol. The fraction of sp³-hybridized carbons (Fsp3) is 0.438. The summed E-state index contributed by atoms with van der Waals surface area (Å²) >= 11 is 0. The van der Waals surface area contributed by atoms with E-state index in [-0.39, 0.29) is 24.7 Å². The van der Waals surface area contributed by atoms with E-state index in [4.69, 9.17) is 4.74 Å². The van der Waals surface area contributed by atoms with Gasteiger partial charge >= 0.3 is 0 Å². The van der Waals surface area contributed by atoms with E-state index in [1.165, 1.54) is 0 Å². The molecule has 2 saturated heterocycles. The number of pyridine rings is 1. The lowest BCUT2D eigenvalue weighted by atomic mass is 10.1. The average Bonchev–Trinajstić information content (AvgIpc) is 3.21. The van der Waals surface area contributed by atoms with Gasteiger partial charge in [-0.3, -0.25) is 14.7 Å². The molecule has 2 aliphatic rings. The molecule has 7 heteroatoms. The maximum Gasteiger partial charge on any atom is 0.249 e. The van der Waals surface area contributed by atoms with Gasteiger partial charge in [0.15, 0.2) is 0 Å². The molecular formula is C16H19N5O2. The number of nitrogens with one attached hydrogen (secondary N) is 1. The Morgan fingerprint density at radius 2 is 2.09 bits per heavy atom. The highest BCUT2D eigenvalue weighted by Crippen LogP contribution is 2.25. The highest BCUT2D eigenvalue weighted by molar-refractivity contribution is 5.78. The number of ether oxygens (including phenoxy) is 1. The molecule has 2 aliphatic heterocycles. The molecule has 2 atom stereocenters. The molecule has 1 N–H and O–H groups in total. The van der Waals surface area contributed by atoms with E-state index in [9.17, 15) is 4.79 Å². The summed E-state index contributed by atoms with van der Waals surface area (Å²) in [7, 11) is 0. The minimum Gasteiger partial charge on any atom is -0.365 e. The molecule has 23 heavy (non-hydrogen) atoms. The molecule has 1 amide bonds. The Morgan fingerprint density at radius 3 is 2.87 bits per heavy atom. The zero-order chi connectivity index (χ0) is 15.6. The van der Waals surface area contributed by atoms with Crippen LogP contribution in [0.25, 0.3) is 0 Å².